The van der Waals surface area contributed by atoms with Gasteiger partial charge in [0.15, 0.2) is 0 Å². The fraction of sp³-hybridized carbons (Fsp3) is 0.111. The number of alkyl halides is 1. The second-order valence-corrected chi connectivity index (χ2v) is 5.04. The monoisotopic (exact) mass is 323 g/mol. The molecule has 0 aliphatic heterocycles. The van der Waals surface area contributed by atoms with Crippen molar-refractivity contribution < 1.29 is 0 Å². The number of hydrogen-bond acceptors (Lipinski definition) is 2. The first-order valence-electron chi connectivity index (χ1n) is 3.74. The highest BCUT2D eigenvalue weighted by Crippen LogP contribution is 2.34. The lowest BCUT2D eigenvalue weighted by Crippen LogP contribution is -1.88. The van der Waals surface area contributed by atoms with Crippen molar-refractivity contribution in [1.82, 2.24) is 0 Å². The van der Waals surface area contributed by atoms with Gasteiger partial charge in [0.2, 0.25) is 0 Å². The van der Waals surface area contributed by atoms with Crippen molar-refractivity contribution in [3.05, 3.63) is 26.6 Å². The number of nitrogens with two attached hydrogens (primary N) is 1. The van der Waals surface area contributed by atoms with Crippen LogP contribution in [0.25, 0.3) is 10.1 Å². The third kappa shape index (κ3) is 1.53. The largest absolute Gasteiger partial charge is 0.397 e. The summed E-state index contributed by atoms with van der Waals surface area (Å²) >= 11 is 9.71. The van der Waals surface area contributed by atoms with Crippen molar-refractivity contribution >= 4 is 61.3 Å². The summed E-state index contributed by atoms with van der Waals surface area (Å²) in [6.07, 6.45) is 0. The maximum absolute atomic E-state index is 5.95. The molecule has 0 saturated heterocycles. The molecule has 0 atom stereocenters. The Morgan fingerprint density at radius 3 is 2.92 bits per heavy atom. The number of fused-ring (bicyclic) bond motifs is 1. The highest BCUT2D eigenvalue weighted by molar-refractivity contribution is 14.1. The van der Waals surface area contributed by atoms with Crippen molar-refractivity contribution in [3.63, 3.8) is 0 Å². The van der Waals surface area contributed by atoms with Crippen LogP contribution in [0.1, 0.15) is 5.56 Å². The molecule has 0 unspecified atom stereocenters. The van der Waals surface area contributed by atoms with Crippen LogP contribution in [0.3, 0.4) is 0 Å². The predicted molar refractivity (Wildman–Crippen MR) is 68.5 cm³/mol. The smallest absolute Gasteiger partial charge is 0.0631 e. The average Bonchev–Trinajstić information content (AvgIpc) is 2.55. The van der Waals surface area contributed by atoms with Crippen LogP contribution in [0.5, 0.6) is 0 Å². The molecule has 0 aliphatic rings. The zero-order valence-electron chi connectivity index (χ0n) is 6.68. The molecule has 0 spiro atoms. The van der Waals surface area contributed by atoms with Crippen LogP contribution >= 0.6 is 45.5 Å². The minimum atomic E-state index is 0.556. The summed E-state index contributed by atoms with van der Waals surface area (Å²) < 4.78 is 2.26. The van der Waals surface area contributed by atoms with E-state index < -0.39 is 0 Å². The predicted octanol–water partition coefficient (Wildman–Crippen LogP) is 3.83. The van der Waals surface area contributed by atoms with Crippen molar-refractivity contribution in [2.75, 3.05) is 5.73 Å². The fourth-order valence-electron chi connectivity index (χ4n) is 1.25. The number of rotatable bonds is 1. The van der Waals surface area contributed by atoms with Gasteiger partial charge in [0, 0.05) is 9.45 Å². The lowest BCUT2D eigenvalue weighted by Gasteiger charge is -1.99. The number of benzene rings is 1. The zero-order chi connectivity index (χ0) is 9.42. The van der Waals surface area contributed by atoms with Gasteiger partial charge in [-0.25, -0.2) is 0 Å². The normalized spacial score (nSPS) is 10.9. The standard InChI is InChI=1S/C9H7ClINS/c10-3-5-4-13-9-6(5)1-2-7(11)8(9)12/h1-2,4H,3,12H2. The summed E-state index contributed by atoms with van der Waals surface area (Å²) in [5, 5.41) is 3.27. The second-order valence-electron chi connectivity index (χ2n) is 2.73. The van der Waals surface area contributed by atoms with Gasteiger partial charge in [-0.15, -0.1) is 22.9 Å². The second kappa shape index (κ2) is 3.63. The van der Waals surface area contributed by atoms with Gasteiger partial charge >= 0.3 is 0 Å². The van der Waals surface area contributed by atoms with Crippen LogP contribution < -0.4 is 5.73 Å². The van der Waals surface area contributed by atoms with Crippen LogP contribution in [0.15, 0.2) is 17.5 Å². The van der Waals surface area contributed by atoms with Crippen molar-refractivity contribution in [3.8, 4) is 0 Å². The molecule has 0 saturated carbocycles. The molecule has 0 amide bonds. The minimum Gasteiger partial charge on any atom is -0.397 e. The molecule has 0 bridgehead atoms. The molecule has 4 heteroatoms. The van der Waals surface area contributed by atoms with Gasteiger partial charge in [-0.3, -0.25) is 0 Å². The number of thiophene rings is 1. The quantitative estimate of drug-likeness (QED) is 0.482. The Labute approximate surface area is 99.0 Å². The van der Waals surface area contributed by atoms with Crippen LogP contribution in [0, 0.1) is 3.57 Å². The van der Waals surface area contributed by atoms with Gasteiger partial charge in [-0.1, -0.05) is 6.07 Å². The fourth-order valence-corrected chi connectivity index (χ4v) is 3.23. The maximum atomic E-state index is 5.95. The Morgan fingerprint density at radius 2 is 2.23 bits per heavy atom. The minimum absolute atomic E-state index is 0.556. The van der Waals surface area contributed by atoms with E-state index in [-0.39, 0.29) is 0 Å². The molecule has 68 valence electrons. The Kier molecular flexibility index (Phi) is 2.67. The molecular formula is C9H7ClINS. The average molecular weight is 324 g/mol. The highest BCUT2D eigenvalue weighted by Gasteiger charge is 2.07. The molecule has 1 aromatic heterocycles. The topological polar surface area (TPSA) is 26.0 Å². The Hall–Kier alpha value is -0.0000000000000000833. The van der Waals surface area contributed by atoms with Gasteiger partial charge in [-0.05, 0) is 45.0 Å². The highest BCUT2D eigenvalue weighted by atomic mass is 127. The van der Waals surface area contributed by atoms with E-state index in [0.29, 0.717) is 5.88 Å². The lowest BCUT2D eigenvalue weighted by atomic mass is 10.2. The van der Waals surface area contributed by atoms with Gasteiger partial charge < -0.3 is 5.73 Å². The van der Waals surface area contributed by atoms with Gasteiger partial charge in [-0.2, -0.15) is 0 Å². The van der Waals surface area contributed by atoms with Crippen molar-refractivity contribution in [2.45, 2.75) is 5.88 Å². The van der Waals surface area contributed by atoms with Gasteiger partial charge in [0.1, 0.15) is 0 Å². The first-order chi connectivity index (χ1) is 6.24. The molecule has 2 rings (SSSR count). The van der Waals surface area contributed by atoms with Crippen LogP contribution in [0.4, 0.5) is 5.69 Å². The Bertz CT molecular complexity index is 452. The third-order valence-corrected chi connectivity index (χ3v) is 4.26. The molecular weight excluding hydrogens is 317 g/mol. The summed E-state index contributed by atoms with van der Waals surface area (Å²) in [6, 6.07) is 4.11. The summed E-state index contributed by atoms with van der Waals surface area (Å²) in [4.78, 5) is 0. The molecule has 1 aromatic carbocycles. The molecule has 2 N–H and O–H groups in total. The maximum Gasteiger partial charge on any atom is 0.0631 e. The lowest BCUT2D eigenvalue weighted by molar-refractivity contribution is 1.50. The van der Waals surface area contributed by atoms with E-state index in [4.69, 9.17) is 17.3 Å². The van der Waals surface area contributed by atoms with E-state index >= 15 is 0 Å². The number of hydrogen-bond donors (Lipinski definition) is 1. The summed E-state index contributed by atoms with van der Waals surface area (Å²) in [5.41, 5.74) is 7.99. The van der Waals surface area contributed by atoms with E-state index in [0.717, 1.165) is 14.0 Å². The molecule has 0 radical (unpaired) electrons. The van der Waals surface area contributed by atoms with E-state index in [1.807, 2.05) is 6.07 Å². The molecule has 0 fully saturated rings. The summed E-state index contributed by atoms with van der Waals surface area (Å²) in [5.74, 6) is 0.556. The summed E-state index contributed by atoms with van der Waals surface area (Å²) in [7, 11) is 0. The first-order valence-corrected chi connectivity index (χ1v) is 6.23. The SMILES string of the molecule is Nc1c(I)ccc2c(CCl)csc12. The third-order valence-electron chi connectivity index (χ3n) is 1.95. The Balaban J connectivity index is 2.81. The molecule has 1 heterocycles. The zero-order valence-corrected chi connectivity index (χ0v) is 10.4. The Morgan fingerprint density at radius 1 is 1.46 bits per heavy atom. The number of nitrogen functional groups attached to an aromatic ring is 1. The van der Waals surface area contributed by atoms with E-state index in [9.17, 15) is 0 Å². The van der Waals surface area contributed by atoms with Crippen molar-refractivity contribution in [2.24, 2.45) is 0 Å². The van der Waals surface area contributed by atoms with E-state index in [1.165, 1.54) is 10.9 Å². The van der Waals surface area contributed by atoms with Gasteiger partial charge in [0.05, 0.1) is 10.4 Å². The van der Waals surface area contributed by atoms with Crippen LogP contribution in [-0.4, -0.2) is 0 Å². The van der Waals surface area contributed by atoms with Gasteiger partial charge in [0.25, 0.3) is 0 Å². The molecule has 13 heavy (non-hydrogen) atoms. The summed E-state index contributed by atoms with van der Waals surface area (Å²) in [6.45, 7) is 0. The van der Waals surface area contributed by atoms with Crippen LogP contribution in [-0.2, 0) is 5.88 Å². The van der Waals surface area contributed by atoms with Crippen molar-refractivity contribution in [1.29, 1.82) is 0 Å². The molecule has 2 aromatic rings. The number of halogens is 2. The number of anilines is 1. The van der Waals surface area contributed by atoms with Crippen LogP contribution in [0.2, 0.25) is 0 Å². The van der Waals surface area contributed by atoms with E-state index in [2.05, 4.69) is 34.0 Å². The first kappa shape index (κ1) is 9.55. The molecule has 0 aliphatic carbocycles. The van der Waals surface area contributed by atoms with E-state index in [1.54, 1.807) is 11.3 Å². The molecule has 1 nitrogen and oxygen atoms in total.